The van der Waals surface area contributed by atoms with Crippen LogP contribution in [-0.4, -0.2) is 48.6 Å². The van der Waals surface area contributed by atoms with Gasteiger partial charge in [-0.05, 0) is 36.6 Å². The topological polar surface area (TPSA) is 91.7 Å². The van der Waals surface area contributed by atoms with E-state index in [0.29, 0.717) is 38.3 Å². The number of ether oxygens (including phenoxy) is 2. The molecule has 0 aliphatic carbocycles. The molecule has 0 spiro atoms. The third kappa shape index (κ3) is 3.42. The summed E-state index contributed by atoms with van der Waals surface area (Å²) in [6.07, 6.45) is 1.15. The quantitative estimate of drug-likeness (QED) is 0.840. The maximum absolute atomic E-state index is 12.7. The van der Waals surface area contributed by atoms with E-state index in [1.165, 1.54) is 11.8 Å². The van der Waals surface area contributed by atoms with Gasteiger partial charge in [-0.2, -0.15) is 5.26 Å². The number of thioether (sulfide) groups is 1. The van der Waals surface area contributed by atoms with Crippen molar-refractivity contribution in [2.45, 2.75) is 25.1 Å². The standard InChI is InChI=1S/C20H21N3O4S/c1-2-26-20(25)23-7-5-14-15(10-21)19(28-17(14)11-23)22-18(24)13-4-3-12-6-8-27-16(12)9-13/h3-4,9,15,19H,2,5-8,11H2,1H3,(H,22,24). The average Bonchev–Trinajstić information content (AvgIpc) is 3.30. The van der Waals surface area contributed by atoms with Crippen LogP contribution in [0.15, 0.2) is 28.7 Å². The highest BCUT2D eigenvalue weighted by Gasteiger charge is 2.40. The summed E-state index contributed by atoms with van der Waals surface area (Å²) < 4.78 is 10.6. The Morgan fingerprint density at radius 3 is 3.07 bits per heavy atom. The van der Waals surface area contributed by atoms with Gasteiger partial charge in [-0.1, -0.05) is 6.07 Å². The number of fused-ring (bicyclic) bond motifs is 1. The summed E-state index contributed by atoms with van der Waals surface area (Å²) >= 11 is 1.46. The van der Waals surface area contributed by atoms with Crippen molar-refractivity contribution in [2.24, 2.45) is 5.92 Å². The van der Waals surface area contributed by atoms with E-state index in [2.05, 4.69) is 11.4 Å². The van der Waals surface area contributed by atoms with Gasteiger partial charge in [-0.25, -0.2) is 4.79 Å². The van der Waals surface area contributed by atoms with Crippen molar-refractivity contribution in [3.05, 3.63) is 39.8 Å². The number of benzene rings is 1. The summed E-state index contributed by atoms with van der Waals surface area (Å²) in [5, 5.41) is 12.3. The molecule has 3 heterocycles. The predicted molar refractivity (Wildman–Crippen MR) is 104 cm³/mol. The fraction of sp³-hybridized carbons (Fsp3) is 0.450. The van der Waals surface area contributed by atoms with Crippen molar-refractivity contribution in [2.75, 3.05) is 26.3 Å². The number of amides is 2. The van der Waals surface area contributed by atoms with Gasteiger partial charge >= 0.3 is 6.09 Å². The number of carbonyl (C=O) groups is 2. The molecule has 1 aromatic rings. The Morgan fingerprint density at radius 2 is 2.29 bits per heavy atom. The molecule has 0 aromatic heterocycles. The first-order valence-electron chi connectivity index (χ1n) is 9.37. The lowest BCUT2D eigenvalue weighted by molar-refractivity contribution is 0.0946. The van der Waals surface area contributed by atoms with Crippen LogP contribution in [0.1, 0.15) is 29.3 Å². The van der Waals surface area contributed by atoms with Gasteiger partial charge in [0.1, 0.15) is 5.75 Å². The summed E-state index contributed by atoms with van der Waals surface area (Å²) in [6, 6.07) is 7.80. The largest absolute Gasteiger partial charge is 0.493 e. The maximum atomic E-state index is 12.7. The van der Waals surface area contributed by atoms with E-state index < -0.39 is 0 Å². The number of hydrogen-bond donors (Lipinski definition) is 1. The molecular weight excluding hydrogens is 378 g/mol. The number of nitriles is 1. The zero-order chi connectivity index (χ0) is 19.7. The van der Waals surface area contributed by atoms with E-state index in [1.54, 1.807) is 24.0 Å². The Hall–Kier alpha value is -2.66. The Labute approximate surface area is 167 Å². The van der Waals surface area contributed by atoms with Crippen LogP contribution in [0.2, 0.25) is 0 Å². The Kier molecular flexibility index (Phi) is 5.18. The highest BCUT2D eigenvalue weighted by molar-refractivity contribution is 8.04. The molecule has 0 fully saturated rings. The first-order chi connectivity index (χ1) is 13.6. The van der Waals surface area contributed by atoms with E-state index in [1.807, 2.05) is 6.07 Å². The van der Waals surface area contributed by atoms with Crippen LogP contribution in [0.4, 0.5) is 4.79 Å². The van der Waals surface area contributed by atoms with Crippen LogP contribution >= 0.6 is 11.8 Å². The zero-order valence-electron chi connectivity index (χ0n) is 15.6. The van der Waals surface area contributed by atoms with Crippen LogP contribution in [0, 0.1) is 17.2 Å². The Bertz CT molecular complexity index is 892. The first-order valence-corrected chi connectivity index (χ1v) is 10.2. The van der Waals surface area contributed by atoms with Crippen LogP contribution in [0.5, 0.6) is 5.75 Å². The van der Waals surface area contributed by atoms with Crippen molar-refractivity contribution in [3.8, 4) is 11.8 Å². The van der Waals surface area contributed by atoms with E-state index in [9.17, 15) is 14.9 Å². The molecule has 146 valence electrons. The third-order valence-corrected chi connectivity index (χ3v) is 6.51. The first kappa shape index (κ1) is 18.7. The Balaban J connectivity index is 1.45. The second-order valence-corrected chi connectivity index (χ2v) is 8.09. The monoisotopic (exact) mass is 399 g/mol. The number of rotatable bonds is 3. The lowest BCUT2D eigenvalue weighted by atomic mass is 9.94. The second-order valence-electron chi connectivity index (χ2n) is 6.86. The maximum Gasteiger partial charge on any atom is 0.410 e. The van der Waals surface area contributed by atoms with Crippen molar-refractivity contribution in [1.29, 1.82) is 5.26 Å². The van der Waals surface area contributed by atoms with E-state index in [0.717, 1.165) is 28.2 Å². The van der Waals surface area contributed by atoms with Crippen molar-refractivity contribution in [3.63, 3.8) is 0 Å². The lowest BCUT2D eigenvalue weighted by Gasteiger charge is -2.27. The predicted octanol–water partition coefficient (Wildman–Crippen LogP) is 2.68. The van der Waals surface area contributed by atoms with Crippen LogP contribution in [0.3, 0.4) is 0 Å². The van der Waals surface area contributed by atoms with Gasteiger partial charge in [-0.3, -0.25) is 4.79 Å². The molecule has 0 saturated carbocycles. The second kappa shape index (κ2) is 7.76. The highest BCUT2D eigenvalue weighted by atomic mass is 32.2. The fourth-order valence-electron chi connectivity index (χ4n) is 3.74. The van der Waals surface area contributed by atoms with Crippen molar-refractivity contribution < 1.29 is 19.1 Å². The minimum atomic E-state index is -0.390. The Morgan fingerprint density at radius 1 is 1.43 bits per heavy atom. The van der Waals surface area contributed by atoms with Crippen LogP contribution in [0.25, 0.3) is 0 Å². The van der Waals surface area contributed by atoms with Gasteiger partial charge in [0.2, 0.25) is 0 Å². The molecule has 3 aliphatic heterocycles. The van der Waals surface area contributed by atoms with E-state index >= 15 is 0 Å². The van der Waals surface area contributed by atoms with Gasteiger partial charge in [0, 0.05) is 23.4 Å². The molecule has 0 saturated heterocycles. The molecule has 8 heteroatoms. The number of nitrogens with one attached hydrogen (secondary N) is 1. The van der Waals surface area contributed by atoms with Crippen molar-refractivity contribution >= 4 is 23.8 Å². The molecule has 2 atom stereocenters. The van der Waals surface area contributed by atoms with Gasteiger partial charge < -0.3 is 19.7 Å². The normalized spacial score (nSPS) is 22.8. The van der Waals surface area contributed by atoms with Crippen molar-refractivity contribution in [1.82, 2.24) is 10.2 Å². The minimum absolute atomic E-state index is 0.224. The molecule has 4 rings (SSSR count). The summed E-state index contributed by atoms with van der Waals surface area (Å²) in [4.78, 5) is 27.4. The van der Waals surface area contributed by atoms with E-state index in [4.69, 9.17) is 9.47 Å². The van der Waals surface area contributed by atoms with Gasteiger partial charge in [-0.15, -0.1) is 11.8 Å². The van der Waals surface area contributed by atoms with Gasteiger partial charge in [0.05, 0.1) is 37.1 Å². The molecule has 2 unspecified atom stereocenters. The summed E-state index contributed by atoms with van der Waals surface area (Å²) in [5.41, 5.74) is 2.66. The third-order valence-electron chi connectivity index (χ3n) is 5.19. The number of nitrogens with zero attached hydrogens (tertiary/aromatic N) is 2. The summed E-state index contributed by atoms with van der Waals surface area (Å²) in [5.74, 6) is 0.142. The highest BCUT2D eigenvalue weighted by Crippen LogP contribution is 2.44. The number of hydrogen-bond acceptors (Lipinski definition) is 6. The smallest absolute Gasteiger partial charge is 0.410 e. The molecule has 1 aromatic carbocycles. The molecule has 3 aliphatic rings. The number of carbonyl (C=O) groups excluding carboxylic acids is 2. The molecular formula is C20H21N3O4S. The lowest BCUT2D eigenvalue weighted by Crippen LogP contribution is -2.37. The molecule has 7 nitrogen and oxygen atoms in total. The summed E-state index contributed by atoms with van der Waals surface area (Å²) in [6.45, 7) is 3.70. The fourth-order valence-corrected chi connectivity index (χ4v) is 5.19. The minimum Gasteiger partial charge on any atom is -0.493 e. The van der Waals surface area contributed by atoms with E-state index in [-0.39, 0.29) is 23.3 Å². The molecule has 2 amide bonds. The molecule has 0 bridgehead atoms. The van der Waals surface area contributed by atoms with Gasteiger partial charge in [0.25, 0.3) is 5.91 Å². The molecule has 0 radical (unpaired) electrons. The summed E-state index contributed by atoms with van der Waals surface area (Å²) in [7, 11) is 0. The van der Waals surface area contributed by atoms with Crippen LogP contribution < -0.4 is 10.1 Å². The molecule has 28 heavy (non-hydrogen) atoms. The average molecular weight is 399 g/mol. The SMILES string of the molecule is CCOC(=O)N1CCC2=C(C1)SC(NC(=O)c1ccc3c(c1)OCC3)C2C#N. The molecule has 1 N–H and O–H groups in total. The van der Waals surface area contributed by atoms with Gasteiger partial charge in [0.15, 0.2) is 0 Å². The zero-order valence-corrected chi connectivity index (χ0v) is 16.4. The van der Waals surface area contributed by atoms with Crippen LogP contribution in [-0.2, 0) is 11.2 Å².